The molecule has 1 amide bonds. The van der Waals surface area contributed by atoms with Crippen LogP contribution in [0.15, 0.2) is 77.2 Å². The monoisotopic (exact) mass is 451 g/mol. The molecular formula is C27H21N3O4. The van der Waals surface area contributed by atoms with Gasteiger partial charge in [-0.2, -0.15) is 5.10 Å². The molecule has 3 aromatic carbocycles. The van der Waals surface area contributed by atoms with Crippen LogP contribution in [0.25, 0.3) is 22.2 Å². The van der Waals surface area contributed by atoms with E-state index in [0.717, 1.165) is 11.1 Å². The maximum atomic E-state index is 13.1. The number of aromatic nitrogens is 2. The molecule has 5 rings (SSSR count). The highest BCUT2D eigenvalue weighted by Gasteiger charge is 2.24. The first-order chi connectivity index (χ1) is 16.4. The molecule has 34 heavy (non-hydrogen) atoms. The summed E-state index contributed by atoms with van der Waals surface area (Å²) in [6.45, 7) is 3.85. The predicted octanol–water partition coefficient (Wildman–Crippen LogP) is 5.63. The Bertz CT molecular complexity index is 1550. The van der Waals surface area contributed by atoms with Gasteiger partial charge in [0.25, 0.3) is 5.91 Å². The van der Waals surface area contributed by atoms with Crippen LogP contribution in [0, 0.1) is 13.8 Å². The molecule has 0 aliphatic heterocycles. The lowest BCUT2D eigenvalue weighted by atomic mass is 10.0. The summed E-state index contributed by atoms with van der Waals surface area (Å²) in [5.41, 5.74) is 4.31. The summed E-state index contributed by atoms with van der Waals surface area (Å²) >= 11 is 0. The number of nitrogens with one attached hydrogen (secondary N) is 2. The van der Waals surface area contributed by atoms with Gasteiger partial charge in [-0.25, -0.2) is 0 Å². The lowest BCUT2D eigenvalue weighted by Crippen LogP contribution is -2.14. The number of phenols is 1. The molecule has 3 N–H and O–H groups in total. The second-order valence-electron chi connectivity index (χ2n) is 8.07. The van der Waals surface area contributed by atoms with Crippen LogP contribution < -0.4 is 5.32 Å². The number of carbonyl (C=O) groups excluding carboxylic acids is 2. The number of rotatable bonds is 5. The fraction of sp³-hybridized carbons (Fsp3) is 0.0741. The zero-order valence-corrected chi connectivity index (χ0v) is 18.5. The van der Waals surface area contributed by atoms with Gasteiger partial charge in [-0.05, 0) is 55.3 Å². The molecule has 0 spiro atoms. The number of nitrogens with zero attached hydrogens (tertiary/aromatic N) is 1. The van der Waals surface area contributed by atoms with Gasteiger partial charge < -0.3 is 14.8 Å². The van der Waals surface area contributed by atoms with E-state index in [0.29, 0.717) is 33.5 Å². The number of anilines is 1. The molecule has 2 aromatic heterocycles. The van der Waals surface area contributed by atoms with Crippen molar-refractivity contribution in [1.82, 2.24) is 10.2 Å². The maximum Gasteiger partial charge on any atom is 0.273 e. The van der Waals surface area contributed by atoms with E-state index in [1.54, 1.807) is 60.7 Å². The molecular weight excluding hydrogens is 430 g/mol. The van der Waals surface area contributed by atoms with E-state index in [9.17, 15) is 14.7 Å². The quantitative estimate of drug-likeness (QED) is 0.300. The molecule has 0 aliphatic rings. The number of benzene rings is 3. The third-order valence-electron chi connectivity index (χ3n) is 5.79. The summed E-state index contributed by atoms with van der Waals surface area (Å²) in [6.07, 6.45) is 0. The molecule has 7 heteroatoms. The van der Waals surface area contributed by atoms with E-state index in [-0.39, 0.29) is 23.0 Å². The number of carbonyl (C=O) groups is 2. The number of aryl methyl sites for hydroxylation is 2. The van der Waals surface area contributed by atoms with Crippen LogP contribution in [0.5, 0.6) is 5.75 Å². The molecule has 0 aliphatic carbocycles. The lowest BCUT2D eigenvalue weighted by Gasteiger charge is -2.06. The van der Waals surface area contributed by atoms with Gasteiger partial charge in [0.2, 0.25) is 5.78 Å². The molecule has 0 fully saturated rings. The minimum Gasteiger partial charge on any atom is -0.507 e. The third-order valence-corrected chi connectivity index (χ3v) is 5.79. The number of hydrogen-bond acceptors (Lipinski definition) is 5. The zero-order valence-electron chi connectivity index (χ0n) is 18.5. The Morgan fingerprint density at radius 1 is 0.941 bits per heavy atom. The molecule has 5 aromatic rings. The Hall–Kier alpha value is -4.65. The van der Waals surface area contributed by atoms with Gasteiger partial charge in [0, 0.05) is 16.5 Å². The highest BCUT2D eigenvalue weighted by atomic mass is 16.3. The van der Waals surface area contributed by atoms with Gasteiger partial charge in [0.15, 0.2) is 5.76 Å². The maximum absolute atomic E-state index is 13.1. The summed E-state index contributed by atoms with van der Waals surface area (Å²) in [6, 6.07) is 20.9. The van der Waals surface area contributed by atoms with Crippen LogP contribution in [-0.4, -0.2) is 27.0 Å². The molecule has 0 radical (unpaired) electrons. The van der Waals surface area contributed by atoms with Gasteiger partial charge in [0.05, 0.1) is 11.4 Å². The standard InChI is InChI=1S/C27H21N3O4/c1-15-12-19(22(31)13-16(15)2)20-14-21(30-29-20)27(33)28-24-18-10-6-7-11-23(18)34-26(24)25(32)17-8-4-3-5-9-17/h3-14,31H,1-2H3,(H,28,33)(H,29,30). The number of hydrogen-bond donors (Lipinski definition) is 3. The smallest absolute Gasteiger partial charge is 0.273 e. The number of H-pyrrole nitrogens is 1. The number of fused-ring (bicyclic) bond motifs is 1. The number of aromatic amines is 1. The summed E-state index contributed by atoms with van der Waals surface area (Å²) < 4.78 is 5.84. The zero-order chi connectivity index (χ0) is 23.8. The van der Waals surface area contributed by atoms with Crippen LogP contribution in [-0.2, 0) is 0 Å². The molecule has 7 nitrogen and oxygen atoms in total. The second-order valence-corrected chi connectivity index (χ2v) is 8.07. The summed E-state index contributed by atoms with van der Waals surface area (Å²) in [5.74, 6) is -0.696. The van der Waals surface area contributed by atoms with Crippen LogP contribution in [0.4, 0.5) is 5.69 Å². The first kappa shape index (κ1) is 21.2. The molecule has 2 heterocycles. The molecule has 0 atom stereocenters. The summed E-state index contributed by atoms with van der Waals surface area (Å²) in [7, 11) is 0. The lowest BCUT2D eigenvalue weighted by molar-refractivity contribution is 0.101. The molecule has 0 bridgehead atoms. The van der Waals surface area contributed by atoms with Crippen molar-refractivity contribution in [3.05, 3.63) is 101 Å². The van der Waals surface area contributed by atoms with Crippen molar-refractivity contribution >= 4 is 28.3 Å². The van der Waals surface area contributed by atoms with Crippen molar-refractivity contribution in [3.63, 3.8) is 0 Å². The van der Waals surface area contributed by atoms with Crippen molar-refractivity contribution in [2.45, 2.75) is 13.8 Å². The first-order valence-electron chi connectivity index (χ1n) is 10.7. The van der Waals surface area contributed by atoms with E-state index in [1.165, 1.54) is 0 Å². The highest BCUT2D eigenvalue weighted by molar-refractivity contribution is 6.18. The van der Waals surface area contributed by atoms with Crippen LogP contribution >= 0.6 is 0 Å². The Morgan fingerprint density at radius 2 is 1.65 bits per heavy atom. The van der Waals surface area contributed by atoms with E-state index < -0.39 is 5.91 Å². The highest BCUT2D eigenvalue weighted by Crippen LogP contribution is 2.34. The van der Waals surface area contributed by atoms with Crippen molar-refractivity contribution in [2.24, 2.45) is 0 Å². The van der Waals surface area contributed by atoms with Crippen molar-refractivity contribution < 1.29 is 19.1 Å². The fourth-order valence-corrected chi connectivity index (χ4v) is 3.81. The van der Waals surface area contributed by atoms with Crippen LogP contribution in [0.3, 0.4) is 0 Å². The van der Waals surface area contributed by atoms with Gasteiger partial charge in [-0.3, -0.25) is 14.7 Å². The Kier molecular flexibility index (Phi) is 5.22. The van der Waals surface area contributed by atoms with Crippen molar-refractivity contribution in [3.8, 4) is 17.0 Å². The molecule has 0 saturated heterocycles. The van der Waals surface area contributed by atoms with Crippen molar-refractivity contribution in [2.75, 3.05) is 5.32 Å². The number of phenolic OH excluding ortho intramolecular Hbond substituents is 1. The van der Waals surface area contributed by atoms with Crippen molar-refractivity contribution in [1.29, 1.82) is 0 Å². The fourth-order valence-electron chi connectivity index (χ4n) is 3.81. The molecule has 0 unspecified atom stereocenters. The van der Waals surface area contributed by atoms with E-state index >= 15 is 0 Å². The number of aromatic hydroxyl groups is 1. The minimum atomic E-state index is -0.490. The largest absolute Gasteiger partial charge is 0.507 e. The van der Waals surface area contributed by atoms with Gasteiger partial charge >= 0.3 is 0 Å². The molecule has 0 saturated carbocycles. The van der Waals surface area contributed by atoms with Gasteiger partial charge in [-0.1, -0.05) is 42.5 Å². The third kappa shape index (κ3) is 3.73. The summed E-state index contributed by atoms with van der Waals surface area (Å²) in [4.78, 5) is 26.3. The van der Waals surface area contributed by atoms with E-state index in [1.807, 2.05) is 26.0 Å². The second kappa shape index (κ2) is 8.37. The minimum absolute atomic E-state index is 0.0484. The number of furan rings is 1. The average molecular weight is 451 g/mol. The Morgan fingerprint density at radius 3 is 2.44 bits per heavy atom. The van der Waals surface area contributed by atoms with Gasteiger partial charge in [-0.15, -0.1) is 0 Å². The number of para-hydroxylation sites is 1. The molecule has 168 valence electrons. The predicted molar refractivity (Wildman–Crippen MR) is 129 cm³/mol. The SMILES string of the molecule is Cc1cc(O)c(-c2cc(C(=O)Nc3c(C(=O)c4ccccc4)oc4ccccc34)[nH]n2)cc1C. The van der Waals surface area contributed by atoms with E-state index in [2.05, 4.69) is 15.5 Å². The number of amides is 1. The number of ketones is 1. The van der Waals surface area contributed by atoms with Gasteiger partial charge in [0.1, 0.15) is 17.0 Å². The van der Waals surface area contributed by atoms with Crippen LogP contribution in [0.2, 0.25) is 0 Å². The van der Waals surface area contributed by atoms with E-state index in [4.69, 9.17) is 4.42 Å². The topological polar surface area (TPSA) is 108 Å². The average Bonchev–Trinajstić information content (AvgIpc) is 3.47. The summed E-state index contributed by atoms with van der Waals surface area (Å²) in [5, 5.41) is 20.7. The Labute approximate surface area is 195 Å². The first-order valence-corrected chi connectivity index (χ1v) is 10.7. The Balaban J connectivity index is 1.50. The van der Waals surface area contributed by atoms with Crippen LogP contribution in [0.1, 0.15) is 37.7 Å². The normalized spacial score (nSPS) is 11.0.